The quantitative estimate of drug-likeness (QED) is 0.858. The van der Waals surface area contributed by atoms with E-state index in [0.29, 0.717) is 11.6 Å². The lowest BCUT2D eigenvalue weighted by Crippen LogP contribution is -2.15. The van der Waals surface area contributed by atoms with Crippen molar-refractivity contribution in [2.45, 2.75) is 5.92 Å². The minimum Gasteiger partial charge on any atom is -0.396 e. The molecule has 0 saturated carbocycles. The molecule has 3 N–H and O–H groups in total. The number of nitrogens with zero attached hydrogens (tertiary/aromatic N) is 1. The molecule has 0 aliphatic rings. The van der Waals surface area contributed by atoms with Gasteiger partial charge in [0.2, 0.25) is 0 Å². The molecule has 0 bridgehead atoms. The minimum atomic E-state index is -0.00937. The van der Waals surface area contributed by atoms with Crippen LogP contribution in [0.3, 0.4) is 0 Å². The first-order chi connectivity index (χ1) is 7.67. The number of hydrogen-bond acceptors (Lipinski definition) is 2. The summed E-state index contributed by atoms with van der Waals surface area (Å²) in [5.74, 6) is -0.00937. The zero-order valence-corrected chi connectivity index (χ0v) is 9.91. The lowest BCUT2D eigenvalue weighted by atomic mass is 10.00. The molecule has 1 unspecified atom stereocenters. The first kappa shape index (κ1) is 11.5. The van der Waals surface area contributed by atoms with E-state index in [2.05, 4.69) is 0 Å². The van der Waals surface area contributed by atoms with Gasteiger partial charge in [0, 0.05) is 41.6 Å². The van der Waals surface area contributed by atoms with Gasteiger partial charge in [-0.3, -0.25) is 0 Å². The third-order valence-electron chi connectivity index (χ3n) is 2.93. The third kappa shape index (κ3) is 1.82. The lowest BCUT2D eigenvalue weighted by molar-refractivity contribution is 0.268. The Labute approximate surface area is 99.4 Å². The molecule has 0 amide bonds. The molecule has 0 aliphatic heterocycles. The average Bonchev–Trinajstić information content (AvgIpc) is 2.58. The number of nitrogens with two attached hydrogens (primary N) is 1. The Hall–Kier alpha value is -1.03. The van der Waals surface area contributed by atoms with E-state index in [9.17, 15) is 5.11 Å². The fourth-order valence-corrected chi connectivity index (χ4v) is 2.18. The molecule has 16 heavy (non-hydrogen) atoms. The van der Waals surface area contributed by atoms with Crippen LogP contribution in [0.25, 0.3) is 10.9 Å². The molecule has 2 aromatic rings. The molecule has 0 fully saturated rings. The molecule has 1 heterocycles. The van der Waals surface area contributed by atoms with Crippen molar-refractivity contribution in [1.82, 2.24) is 4.57 Å². The smallest absolute Gasteiger partial charge is 0.0512 e. The van der Waals surface area contributed by atoms with Crippen molar-refractivity contribution < 1.29 is 5.11 Å². The zero-order chi connectivity index (χ0) is 11.7. The summed E-state index contributed by atoms with van der Waals surface area (Å²) in [5.41, 5.74) is 7.80. The van der Waals surface area contributed by atoms with Crippen molar-refractivity contribution in [3.8, 4) is 0 Å². The molecule has 0 aliphatic carbocycles. The number of benzene rings is 1. The number of rotatable bonds is 3. The van der Waals surface area contributed by atoms with E-state index in [4.69, 9.17) is 17.3 Å². The largest absolute Gasteiger partial charge is 0.396 e. The molecule has 4 heteroatoms. The Morgan fingerprint density at radius 3 is 2.88 bits per heavy atom. The predicted octanol–water partition coefficient (Wildman–Crippen LogP) is 1.87. The molecule has 86 valence electrons. The minimum absolute atomic E-state index is 0.00937. The van der Waals surface area contributed by atoms with Crippen LogP contribution in [0.15, 0.2) is 24.4 Å². The summed E-state index contributed by atoms with van der Waals surface area (Å²) >= 11 is 5.96. The van der Waals surface area contributed by atoms with Crippen LogP contribution in [0, 0.1) is 0 Å². The van der Waals surface area contributed by atoms with Gasteiger partial charge in [-0.15, -0.1) is 0 Å². The summed E-state index contributed by atoms with van der Waals surface area (Å²) in [7, 11) is 1.97. The maximum absolute atomic E-state index is 9.29. The van der Waals surface area contributed by atoms with Gasteiger partial charge in [0.1, 0.15) is 0 Å². The third-order valence-corrected chi connectivity index (χ3v) is 3.16. The number of hydrogen-bond donors (Lipinski definition) is 2. The Morgan fingerprint density at radius 2 is 2.25 bits per heavy atom. The average molecular weight is 239 g/mol. The Morgan fingerprint density at radius 1 is 1.50 bits per heavy atom. The van der Waals surface area contributed by atoms with Gasteiger partial charge < -0.3 is 15.4 Å². The lowest BCUT2D eigenvalue weighted by Gasteiger charge is -2.09. The second-order valence-electron chi connectivity index (χ2n) is 3.97. The van der Waals surface area contributed by atoms with Crippen LogP contribution in [-0.4, -0.2) is 22.8 Å². The highest BCUT2D eigenvalue weighted by Gasteiger charge is 2.15. The monoisotopic (exact) mass is 238 g/mol. The van der Waals surface area contributed by atoms with E-state index in [-0.39, 0.29) is 12.5 Å². The molecule has 0 spiro atoms. The van der Waals surface area contributed by atoms with E-state index in [1.165, 1.54) is 0 Å². The van der Waals surface area contributed by atoms with Gasteiger partial charge in [-0.2, -0.15) is 0 Å². The van der Waals surface area contributed by atoms with Crippen molar-refractivity contribution in [1.29, 1.82) is 0 Å². The van der Waals surface area contributed by atoms with Crippen molar-refractivity contribution in [3.05, 3.63) is 35.0 Å². The van der Waals surface area contributed by atoms with E-state index in [0.717, 1.165) is 16.5 Å². The van der Waals surface area contributed by atoms with E-state index in [1.54, 1.807) is 0 Å². The van der Waals surface area contributed by atoms with Crippen molar-refractivity contribution in [2.24, 2.45) is 12.8 Å². The standard InChI is InChI=1S/C12H15ClN2O/c1-15-6-11(8(5-14)7-16)10-3-2-9(13)4-12(10)15/h2-4,6,8,16H,5,7,14H2,1H3. The van der Waals surface area contributed by atoms with Crippen LogP contribution in [-0.2, 0) is 7.05 Å². The second-order valence-corrected chi connectivity index (χ2v) is 4.41. The van der Waals surface area contributed by atoms with Crippen molar-refractivity contribution in [3.63, 3.8) is 0 Å². The zero-order valence-electron chi connectivity index (χ0n) is 9.15. The van der Waals surface area contributed by atoms with Gasteiger partial charge in [-0.25, -0.2) is 0 Å². The predicted molar refractivity (Wildman–Crippen MR) is 66.8 cm³/mol. The topological polar surface area (TPSA) is 51.2 Å². The van der Waals surface area contributed by atoms with E-state index in [1.807, 2.05) is 36.0 Å². The van der Waals surface area contributed by atoms with Gasteiger partial charge >= 0.3 is 0 Å². The number of fused-ring (bicyclic) bond motifs is 1. The number of aliphatic hydroxyl groups excluding tert-OH is 1. The van der Waals surface area contributed by atoms with Gasteiger partial charge in [-0.05, 0) is 17.7 Å². The molecule has 1 aromatic carbocycles. The molecule has 1 aromatic heterocycles. The molecule has 0 saturated heterocycles. The van der Waals surface area contributed by atoms with Gasteiger partial charge in [0.25, 0.3) is 0 Å². The molecule has 2 rings (SSSR count). The van der Waals surface area contributed by atoms with Crippen LogP contribution in [0.4, 0.5) is 0 Å². The molecular formula is C12H15ClN2O. The second kappa shape index (κ2) is 4.45. The van der Waals surface area contributed by atoms with Gasteiger partial charge in [-0.1, -0.05) is 17.7 Å². The van der Waals surface area contributed by atoms with Crippen LogP contribution in [0.2, 0.25) is 5.02 Å². The van der Waals surface area contributed by atoms with Crippen LogP contribution >= 0.6 is 11.6 Å². The Kier molecular flexibility index (Phi) is 3.19. The Balaban J connectivity index is 2.63. The number of aryl methyl sites for hydroxylation is 1. The van der Waals surface area contributed by atoms with Gasteiger partial charge in [0.15, 0.2) is 0 Å². The van der Waals surface area contributed by atoms with Crippen molar-refractivity contribution in [2.75, 3.05) is 13.2 Å². The maximum atomic E-state index is 9.29. The summed E-state index contributed by atoms with van der Waals surface area (Å²) in [5, 5.41) is 11.1. The van der Waals surface area contributed by atoms with Crippen LogP contribution < -0.4 is 5.73 Å². The number of halogens is 1. The van der Waals surface area contributed by atoms with Crippen LogP contribution in [0.1, 0.15) is 11.5 Å². The van der Waals surface area contributed by atoms with Crippen LogP contribution in [0.5, 0.6) is 0 Å². The van der Waals surface area contributed by atoms with E-state index >= 15 is 0 Å². The Bertz CT molecular complexity index is 503. The summed E-state index contributed by atoms with van der Waals surface area (Å²) < 4.78 is 2.01. The first-order valence-corrected chi connectivity index (χ1v) is 5.60. The maximum Gasteiger partial charge on any atom is 0.0512 e. The normalized spacial score (nSPS) is 13.2. The highest BCUT2D eigenvalue weighted by molar-refractivity contribution is 6.31. The first-order valence-electron chi connectivity index (χ1n) is 5.22. The highest BCUT2D eigenvalue weighted by atomic mass is 35.5. The summed E-state index contributed by atoms with van der Waals surface area (Å²) in [4.78, 5) is 0. The summed E-state index contributed by atoms with van der Waals surface area (Å²) in [6.45, 7) is 0.510. The number of aliphatic hydroxyl groups is 1. The van der Waals surface area contributed by atoms with Gasteiger partial charge in [0.05, 0.1) is 6.61 Å². The molecule has 1 atom stereocenters. The summed E-state index contributed by atoms with van der Waals surface area (Å²) in [6.07, 6.45) is 2.01. The molecule has 3 nitrogen and oxygen atoms in total. The highest BCUT2D eigenvalue weighted by Crippen LogP contribution is 2.28. The fraction of sp³-hybridized carbons (Fsp3) is 0.333. The SMILES string of the molecule is Cn1cc(C(CN)CO)c2ccc(Cl)cc21. The van der Waals surface area contributed by atoms with E-state index < -0.39 is 0 Å². The number of aromatic nitrogens is 1. The fourth-order valence-electron chi connectivity index (χ4n) is 2.01. The molecule has 0 radical (unpaired) electrons. The van der Waals surface area contributed by atoms with Crippen molar-refractivity contribution >= 4 is 22.5 Å². The summed E-state index contributed by atoms with van der Waals surface area (Å²) in [6, 6.07) is 5.76. The molecular weight excluding hydrogens is 224 g/mol.